The number of halogens is 2. The Morgan fingerprint density at radius 1 is 0.875 bits per heavy atom. The Morgan fingerprint density at radius 3 is 1.59 bits per heavy atom. The summed E-state index contributed by atoms with van der Waals surface area (Å²) in [5.74, 6) is 0.556. The van der Waals surface area contributed by atoms with Gasteiger partial charge in [-0.05, 0) is 0 Å². The number of hydrogen-bond donors (Lipinski definition) is 0. The minimum atomic E-state index is 0. The van der Waals surface area contributed by atoms with Gasteiger partial charge in [-0.25, -0.2) is 34.9 Å². The van der Waals surface area contributed by atoms with Gasteiger partial charge in [0.05, 0.1) is 0 Å². The van der Waals surface area contributed by atoms with Crippen LogP contribution in [-0.2, 0) is 25.2 Å². The standard InChI is InChI=1S/C7H8Si.3C7H9.2ClH.Ti/c8-6-7-4-2-1-3-5-7;3*1-6-3-4-7(2)5-6;;;/h1-5,8H,6H2;2*5H,3H2,1-2H3;3,5,7H,1-2H3;2*1H;/q;3*-1;;;+2/p-2. The zero-order chi connectivity index (χ0) is 22.4. The fourth-order valence-corrected chi connectivity index (χ4v) is 4.60. The van der Waals surface area contributed by atoms with Gasteiger partial charge in [0, 0.05) is 0 Å². The molecule has 1 aromatic carbocycles. The van der Waals surface area contributed by atoms with Crippen LogP contribution in [0.25, 0.3) is 0 Å². The van der Waals surface area contributed by atoms with E-state index in [-0.39, 0.29) is 24.8 Å². The summed E-state index contributed by atoms with van der Waals surface area (Å²) in [6.45, 7) is 13.3. The average molecular weight is 518 g/mol. The monoisotopic (exact) mass is 517 g/mol. The van der Waals surface area contributed by atoms with E-state index >= 15 is 0 Å². The van der Waals surface area contributed by atoms with Gasteiger partial charge in [-0.1, -0.05) is 40.5 Å². The Labute approximate surface area is 222 Å². The molecular formula is C28H35Cl2SiTi-3. The molecule has 3 aliphatic rings. The van der Waals surface area contributed by atoms with Crippen LogP contribution in [0.1, 0.15) is 59.9 Å². The number of rotatable bonds is 2. The maximum absolute atomic E-state index is 3.19. The van der Waals surface area contributed by atoms with Crippen LogP contribution in [0.4, 0.5) is 0 Å². The molecule has 3 aliphatic carbocycles. The van der Waals surface area contributed by atoms with Crippen LogP contribution in [0.2, 0.25) is 0 Å². The van der Waals surface area contributed by atoms with E-state index in [0.717, 1.165) is 12.8 Å². The van der Waals surface area contributed by atoms with E-state index in [1.54, 1.807) is 0 Å². The molecule has 0 spiro atoms. The summed E-state index contributed by atoms with van der Waals surface area (Å²) >= 11 is 2.28. The van der Waals surface area contributed by atoms with E-state index in [1.165, 1.54) is 39.5 Å². The molecule has 0 amide bonds. The molecule has 4 heteroatoms. The van der Waals surface area contributed by atoms with Crippen molar-refractivity contribution in [3.05, 3.63) is 106 Å². The molecule has 0 nitrogen and oxygen atoms in total. The molecule has 1 atom stereocenters. The van der Waals surface area contributed by atoms with Gasteiger partial charge in [0.25, 0.3) is 0 Å². The van der Waals surface area contributed by atoms with Crippen molar-refractivity contribution in [3.8, 4) is 0 Å². The topological polar surface area (TPSA) is 0 Å². The van der Waals surface area contributed by atoms with Crippen molar-refractivity contribution in [2.75, 3.05) is 0 Å². The minimum absolute atomic E-state index is 0. The molecule has 32 heavy (non-hydrogen) atoms. The summed E-state index contributed by atoms with van der Waals surface area (Å²) in [6.07, 6.45) is 20.2. The molecule has 0 N–H and O–H groups in total. The molecule has 0 fully saturated rings. The first-order valence-corrected chi connectivity index (χ1v) is 14.7. The van der Waals surface area contributed by atoms with Gasteiger partial charge in [-0.3, -0.25) is 18.2 Å². The Morgan fingerprint density at radius 2 is 1.38 bits per heavy atom. The molecule has 1 unspecified atom stereocenters. The van der Waals surface area contributed by atoms with E-state index in [4.69, 9.17) is 0 Å². The normalized spacial score (nSPS) is 17.1. The molecule has 0 saturated carbocycles. The fourth-order valence-electron chi connectivity index (χ4n) is 2.99. The summed E-state index contributed by atoms with van der Waals surface area (Å²) in [6, 6.07) is 11.9. The van der Waals surface area contributed by atoms with Crippen molar-refractivity contribution in [2.24, 2.45) is 5.92 Å². The second-order valence-corrected chi connectivity index (χ2v) is 10.7. The van der Waals surface area contributed by atoms with Crippen molar-refractivity contribution in [1.29, 1.82) is 0 Å². The van der Waals surface area contributed by atoms with Crippen LogP contribution in [-0.4, -0.2) is 6.91 Å². The Kier molecular flexibility index (Phi) is 20.4. The van der Waals surface area contributed by atoms with Crippen LogP contribution in [0.3, 0.4) is 0 Å². The van der Waals surface area contributed by atoms with Gasteiger partial charge in [0.1, 0.15) is 0 Å². The fraction of sp³-hybridized carbons (Fsp3) is 0.357. The summed E-state index contributed by atoms with van der Waals surface area (Å²) in [7, 11) is 0. The van der Waals surface area contributed by atoms with Crippen LogP contribution >= 0.6 is 0 Å². The summed E-state index contributed by atoms with van der Waals surface area (Å²) < 4.78 is 0. The molecule has 4 rings (SSSR count). The van der Waals surface area contributed by atoms with Crippen LogP contribution in [0.5, 0.6) is 0 Å². The summed E-state index contributed by atoms with van der Waals surface area (Å²) in [5, 5.41) is 0. The van der Waals surface area contributed by atoms with Crippen molar-refractivity contribution in [3.63, 3.8) is 0 Å². The van der Waals surface area contributed by atoms with Gasteiger partial charge in [-0.15, -0.1) is 19.8 Å². The zero-order valence-corrected chi connectivity index (χ0v) is 24.5. The third kappa shape index (κ3) is 16.8. The first kappa shape index (κ1) is 33.3. The molecule has 1 aromatic rings. The second kappa shape index (κ2) is 19.6. The second-order valence-electron chi connectivity index (χ2n) is 7.96. The van der Waals surface area contributed by atoms with Crippen molar-refractivity contribution in [1.82, 2.24) is 0 Å². The molecule has 0 bridgehead atoms. The molecule has 0 saturated heterocycles. The van der Waals surface area contributed by atoms with Crippen molar-refractivity contribution >= 4 is 6.91 Å². The quantitative estimate of drug-likeness (QED) is 0.408. The summed E-state index contributed by atoms with van der Waals surface area (Å²) in [4.78, 5) is 0. The van der Waals surface area contributed by atoms with Gasteiger partial charge in [0.2, 0.25) is 0 Å². The van der Waals surface area contributed by atoms with Gasteiger partial charge < -0.3 is 24.8 Å². The van der Waals surface area contributed by atoms with Gasteiger partial charge >= 0.3 is 68.0 Å². The van der Waals surface area contributed by atoms with E-state index in [9.17, 15) is 0 Å². The van der Waals surface area contributed by atoms with Crippen LogP contribution < -0.4 is 24.8 Å². The number of benzene rings is 1. The number of allylic oxidation sites excluding steroid dienone is 12. The van der Waals surface area contributed by atoms with Gasteiger partial charge in [0.15, 0.2) is 0 Å². The first-order chi connectivity index (χ1) is 14.3. The molecular weight excluding hydrogens is 483 g/mol. The maximum atomic E-state index is 3.19. The van der Waals surface area contributed by atoms with E-state index in [0.29, 0.717) is 12.8 Å². The summed E-state index contributed by atoms with van der Waals surface area (Å²) in [5.41, 5.74) is 8.26. The first-order valence-electron chi connectivity index (χ1n) is 10.6. The number of hydrogen-bond acceptors (Lipinski definition) is 0. The molecule has 172 valence electrons. The SMILES string of the molecule is CC1=CC(C)[C-]=C1.CC1=[C-]CC(C)=C1.CC1=[C-]CC(C)=C1.[Cl-].[Cl-].[Ti+2]=[SiH]Cc1ccccc1. The zero-order valence-electron chi connectivity index (χ0n) is 20.2. The third-order valence-corrected chi connectivity index (χ3v) is 6.12. The predicted molar refractivity (Wildman–Crippen MR) is 130 cm³/mol. The molecule has 0 aliphatic heterocycles. The van der Waals surface area contributed by atoms with E-state index in [1.807, 2.05) is 6.08 Å². The van der Waals surface area contributed by atoms with Crippen molar-refractivity contribution < 1.29 is 44.0 Å². The Balaban J connectivity index is 0. The van der Waals surface area contributed by atoms with Crippen LogP contribution in [0.15, 0.2) is 82.5 Å². The molecule has 0 radical (unpaired) electrons. The van der Waals surface area contributed by atoms with E-state index in [2.05, 4.69) is 128 Å². The van der Waals surface area contributed by atoms with Crippen molar-refractivity contribution in [2.45, 2.75) is 60.4 Å². The van der Waals surface area contributed by atoms with Crippen LogP contribution in [0, 0.1) is 24.1 Å². The predicted octanol–water partition coefficient (Wildman–Crippen LogP) is 1.21. The molecule has 0 aromatic heterocycles. The molecule has 0 heterocycles. The Hall–Kier alpha value is -0.829. The Bertz CT molecular complexity index is 825. The average Bonchev–Trinajstić information content (AvgIpc) is 3.40. The third-order valence-electron chi connectivity index (χ3n) is 4.49. The van der Waals surface area contributed by atoms with E-state index < -0.39 is 0 Å². The van der Waals surface area contributed by atoms with Gasteiger partial charge in [-0.2, -0.15) is 17.2 Å².